The Kier molecular flexibility index (Phi) is 5.54. The van der Waals surface area contributed by atoms with E-state index in [9.17, 15) is 4.79 Å². The van der Waals surface area contributed by atoms with Crippen molar-refractivity contribution in [1.29, 1.82) is 0 Å². The minimum Gasteiger partial charge on any atom is -0.444 e. The van der Waals surface area contributed by atoms with E-state index in [2.05, 4.69) is 22.3 Å². The Bertz CT molecular complexity index is 486. The molecule has 0 aromatic carbocycles. The lowest BCUT2D eigenvalue weighted by Gasteiger charge is -2.28. The van der Waals surface area contributed by atoms with Crippen molar-refractivity contribution in [3.05, 3.63) is 24.5 Å². The third kappa shape index (κ3) is 6.94. The first-order valence-corrected chi connectivity index (χ1v) is 6.99. The molecule has 1 aromatic rings. The molecule has 1 rings (SSSR count). The third-order valence-corrected chi connectivity index (χ3v) is 2.58. The van der Waals surface area contributed by atoms with Crippen LogP contribution in [0.4, 0.5) is 4.79 Å². The molecule has 0 spiro atoms. The Morgan fingerprint density at radius 3 is 2.62 bits per heavy atom. The first-order valence-electron chi connectivity index (χ1n) is 6.99. The Morgan fingerprint density at radius 2 is 2.10 bits per heavy atom. The van der Waals surface area contributed by atoms with Crippen molar-refractivity contribution in [2.75, 3.05) is 6.54 Å². The van der Waals surface area contributed by atoms with E-state index in [0.717, 1.165) is 5.56 Å². The maximum atomic E-state index is 11.8. The van der Waals surface area contributed by atoms with Gasteiger partial charge in [-0.2, -0.15) is 5.10 Å². The van der Waals surface area contributed by atoms with Gasteiger partial charge in [0.25, 0.3) is 0 Å². The fourth-order valence-electron chi connectivity index (χ4n) is 1.71. The van der Waals surface area contributed by atoms with Crippen molar-refractivity contribution in [1.82, 2.24) is 20.4 Å². The number of hydrogen-bond donors (Lipinski definition) is 2. The summed E-state index contributed by atoms with van der Waals surface area (Å²) in [6, 6.07) is 0. The molecule has 0 fully saturated rings. The molecule has 6 nitrogen and oxygen atoms in total. The van der Waals surface area contributed by atoms with Crippen molar-refractivity contribution < 1.29 is 9.53 Å². The summed E-state index contributed by atoms with van der Waals surface area (Å²) >= 11 is 0. The molecule has 1 heterocycles. The van der Waals surface area contributed by atoms with Crippen molar-refractivity contribution in [2.24, 2.45) is 0 Å². The highest BCUT2D eigenvalue weighted by atomic mass is 16.6. The second-order valence-corrected chi connectivity index (χ2v) is 6.63. The summed E-state index contributed by atoms with van der Waals surface area (Å²) in [6.07, 6.45) is 4.91. The van der Waals surface area contributed by atoms with Crippen LogP contribution in [-0.4, -0.2) is 33.6 Å². The normalized spacial score (nSPS) is 12.0. The number of amides is 1. The van der Waals surface area contributed by atoms with E-state index in [4.69, 9.17) is 4.74 Å². The fraction of sp³-hybridized carbons (Fsp3) is 0.600. The molecule has 1 amide bonds. The van der Waals surface area contributed by atoms with Gasteiger partial charge >= 0.3 is 6.09 Å². The second kappa shape index (κ2) is 6.76. The predicted molar refractivity (Wildman–Crippen MR) is 83.8 cm³/mol. The van der Waals surface area contributed by atoms with Gasteiger partial charge in [-0.05, 0) is 34.6 Å². The Balaban J connectivity index is 2.38. The van der Waals surface area contributed by atoms with Crippen LogP contribution in [0.1, 0.15) is 40.2 Å². The summed E-state index contributed by atoms with van der Waals surface area (Å²) in [4.78, 5) is 11.8. The molecule has 2 N–H and O–H groups in total. The molecule has 0 saturated heterocycles. The van der Waals surface area contributed by atoms with Gasteiger partial charge in [-0.25, -0.2) is 9.48 Å². The Hall–Kier alpha value is -1.82. The average molecular weight is 294 g/mol. The first kappa shape index (κ1) is 17.2. The van der Waals surface area contributed by atoms with E-state index in [0.29, 0.717) is 13.1 Å². The van der Waals surface area contributed by atoms with Gasteiger partial charge in [-0.15, -0.1) is 0 Å². The number of rotatable bonds is 6. The van der Waals surface area contributed by atoms with Crippen LogP contribution in [-0.2, 0) is 11.3 Å². The maximum absolute atomic E-state index is 11.8. The van der Waals surface area contributed by atoms with E-state index < -0.39 is 17.2 Å². The molecule has 6 heteroatoms. The van der Waals surface area contributed by atoms with E-state index in [1.807, 2.05) is 40.8 Å². The fourth-order valence-corrected chi connectivity index (χ4v) is 1.71. The monoisotopic (exact) mass is 294 g/mol. The number of carbonyl (C=O) groups is 1. The molecule has 0 aliphatic rings. The summed E-state index contributed by atoms with van der Waals surface area (Å²) in [7, 11) is 0. The molecular weight excluding hydrogens is 268 g/mol. The molecule has 0 radical (unpaired) electrons. The van der Waals surface area contributed by atoms with Gasteiger partial charge in [0, 0.05) is 31.0 Å². The van der Waals surface area contributed by atoms with E-state index in [1.54, 1.807) is 17.1 Å². The van der Waals surface area contributed by atoms with Crippen molar-refractivity contribution in [3.8, 4) is 0 Å². The largest absolute Gasteiger partial charge is 0.444 e. The smallest absolute Gasteiger partial charge is 0.408 e. The van der Waals surface area contributed by atoms with Crippen molar-refractivity contribution >= 4 is 12.3 Å². The number of nitrogens with zero attached hydrogens (tertiary/aromatic N) is 2. The number of aromatic nitrogens is 2. The van der Waals surface area contributed by atoms with Crippen LogP contribution in [0, 0.1) is 0 Å². The molecule has 0 unspecified atom stereocenters. The standard InChI is InChI=1S/C15H26N4O2/c1-7-19-10-12(9-17-19)8-16-11-15(5,6)18-13(20)21-14(2,3)4/h7,9-10,16H,1,8,11H2,2-6H3,(H,18,20). The zero-order valence-electron chi connectivity index (χ0n) is 13.6. The van der Waals surface area contributed by atoms with Crippen LogP contribution >= 0.6 is 0 Å². The molecule has 0 atom stereocenters. The Labute approximate surface area is 126 Å². The van der Waals surface area contributed by atoms with Crippen LogP contribution in [0.3, 0.4) is 0 Å². The van der Waals surface area contributed by atoms with Gasteiger partial charge in [-0.1, -0.05) is 6.58 Å². The lowest BCUT2D eigenvalue weighted by Crippen LogP contribution is -2.51. The molecule has 0 saturated carbocycles. The highest BCUT2D eigenvalue weighted by molar-refractivity contribution is 5.68. The first-order chi connectivity index (χ1) is 9.61. The molecule has 1 aromatic heterocycles. The number of alkyl carbamates (subject to hydrolysis) is 1. The van der Waals surface area contributed by atoms with Gasteiger partial charge in [0.1, 0.15) is 5.60 Å². The van der Waals surface area contributed by atoms with Gasteiger partial charge in [-0.3, -0.25) is 0 Å². The molecule has 118 valence electrons. The minimum absolute atomic E-state index is 0.406. The molecular formula is C15H26N4O2. The summed E-state index contributed by atoms with van der Waals surface area (Å²) < 4.78 is 6.91. The quantitative estimate of drug-likeness (QED) is 0.845. The number of carbonyl (C=O) groups excluding carboxylic acids is 1. The van der Waals surface area contributed by atoms with Gasteiger partial charge in [0.05, 0.1) is 11.7 Å². The predicted octanol–water partition coefficient (Wildman–Crippen LogP) is 2.38. The van der Waals surface area contributed by atoms with Gasteiger partial charge < -0.3 is 15.4 Å². The lowest BCUT2D eigenvalue weighted by molar-refractivity contribution is 0.0472. The molecule has 0 bridgehead atoms. The maximum Gasteiger partial charge on any atom is 0.408 e. The zero-order valence-corrected chi connectivity index (χ0v) is 13.6. The summed E-state index contributed by atoms with van der Waals surface area (Å²) in [5.74, 6) is 0. The van der Waals surface area contributed by atoms with E-state index in [-0.39, 0.29) is 0 Å². The summed E-state index contributed by atoms with van der Waals surface area (Å²) in [5.41, 5.74) is 0.159. The minimum atomic E-state index is -0.493. The SMILES string of the molecule is C=Cn1cc(CNCC(C)(C)NC(=O)OC(C)(C)C)cn1. The average Bonchev–Trinajstić information content (AvgIpc) is 2.73. The van der Waals surface area contributed by atoms with Crippen LogP contribution in [0.5, 0.6) is 0 Å². The van der Waals surface area contributed by atoms with Crippen LogP contribution in [0.2, 0.25) is 0 Å². The van der Waals surface area contributed by atoms with Crippen molar-refractivity contribution in [2.45, 2.75) is 52.3 Å². The van der Waals surface area contributed by atoms with E-state index in [1.165, 1.54) is 0 Å². The molecule has 0 aliphatic heterocycles. The molecule has 21 heavy (non-hydrogen) atoms. The number of ether oxygens (including phenoxy) is 1. The lowest BCUT2D eigenvalue weighted by atomic mass is 10.1. The van der Waals surface area contributed by atoms with Crippen LogP contribution in [0.25, 0.3) is 6.20 Å². The van der Waals surface area contributed by atoms with Gasteiger partial charge in [0.15, 0.2) is 0 Å². The third-order valence-electron chi connectivity index (χ3n) is 2.58. The van der Waals surface area contributed by atoms with Crippen LogP contribution in [0.15, 0.2) is 19.0 Å². The van der Waals surface area contributed by atoms with Crippen LogP contribution < -0.4 is 10.6 Å². The topological polar surface area (TPSA) is 68.2 Å². The highest BCUT2D eigenvalue weighted by Gasteiger charge is 2.24. The highest BCUT2D eigenvalue weighted by Crippen LogP contribution is 2.09. The van der Waals surface area contributed by atoms with E-state index >= 15 is 0 Å². The van der Waals surface area contributed by atoms with Gasteiger partial charge in [0.2, 0.25) is 0 Å². The number of nitrogens with one attached hydrogen (secondary N) is 2. The Morgan fingerprint density at radius 1 is 1.43 bits per heavy atom. The van der Waals surface area contributed by atoms with Crippen molar-refractivity contribution in [3.63, 3.8) is 0 Å². The molecule has 0 aliphatic carbocycles. The summed E-state index contributed by atoms with van der Waals surface area (Å²) in [6.45, 7) is 14.3. The second-order valence-electron chi connectivity index (χ2n) is 6.63. The zero-order chi connectivity index (χ0) is 16.1. The number of hydrogen-bond acceptors (Lipinski definition) is 4. The summed E-state index contributed by atoms with van der Waals surface area (Å²) in [5, 5.41) is 10.3.